The van der Waals surface area contributed by atoms with Gasteiger partial charge in [0.25, 0.3) is 5.89 Å². The van der Waals surface area contributed by atoms with Crippen molar-refractivity contribution < 1.29 is 9.05 Å². The Morgan fingerprint density at radius 1 is 1.40 bits per heavy atom. The van der Waals surface area contributed by atoms with Gasteiger partial charge in [-0.2, -0.15) is 4.98 Å². The molecule has 0 saturated heterocycles. The molecular formula is C5H2N3O2. The van der Waals surface area contributed by atoms with Crippen LogP contribution in [0.2, 0.25) is 0 Å². The molecule has 0 N–H and O–H groups in total. The van der Waals surface area contributed by atoms with Crippen LogP contribution in [0.15, 0.2) is 21.3 Å². The minimum absolute atomic E-state index is 0.289. The summed E-state index contributed by atoms with van der Waals surface area (Å²) in [5.74, 6) is 0.742. The summed E-state index contributed by atoms with van der Waals surface area (Å²) in [6.07, 6.45) is 3.76. The van der Waals surface area contributed by atoms with Gasteiger partial charge in [-0.15, -0.1) is 0 Å². The second-order valence-corrected chi connectivity index (χ2v) is 1.58. The fourth-order valence-corrected chi connectivity index (χ4v) is 0.576. The van der Waals surface area contributed by atoms with Crippen LogP contribution in [0.4, 0.5) is 0 Å². The van der Waals surface area contributed by atoms with Gasteiger partial charge in [-0.1, -0.05) is 10.3 Å². The average Bonchev–Trinajstić information content (AvgIpc) is 2.59. The first-order valence-corrected chi connectivity index (χ1v) is 2.57. The highest BCUT2D eigenvalue weighted by molar-refractivity contribution is 5.40. The summed E-state index contributed by atoms with van der Waals surface area (Å²) in [4.78, 5) is 3.62. The average molecular weight is 136 g/mol. The van der Waals surface area contributed by atoms with Crippen LogP contribution < -0.4 is 0 Å². The molecule has 0 aromatic carbocycles. The van der Waals surface area contributed by atoms with Crippen molar-refractivity contribution in [2.75, 3.05) is 0 Å². The van der Waals surface area contributed by atoms with E-state index < -0.39 is 0 Å². The van der Waals surface area contributed by atoms with Crippen LogP contribution in [-0.4, -0.2) is 15.3 Å². The lowest BCUT2D eigenvalue weighted by molar-refractivity contribution is 0.384. The molecule has 49 valence electrons. The molecule has 2 aromatic rings. The maximum absolute atomic E-state index is 4.71. The molecular weight excluding hydrogens is 134 g/mol. The number of nitrogens with zero attached hydrogens (tertiary/aromatic N) is 3. The van der Waals surface area contributed by atoms with E-state index >= 15 is 0 Å². The molecule has 0 amide bonds. The van der Waals surface area contributed by atoms with E-state index in [9.17, 15) is 0 Å². The topological polar surface area (TPSA) is 65.0 Å². The van der Waals surface area contributed by atoms with Crippen LogP contribution in [-0.2, 0) is 0 Å². The second kappa shape index (κ2) is 1.94. The van der Waals surface area contributed by atoms with Crippen molar-refractivity contribution in [2.45, 2.75) is 0 Å². The number of hydrogen-bond acceptors (Lipinski definition) is 5. The summed E-state index contributed by atoms with van der Waals surface area (Å²) in [6.45, 7) is 0. The molecule has 5 heteroatoms. The van der Waals surface area contributed by atoms with Crippen molar-refractivity contribution in [2.24, 2.45) is 0 Å². The Morgan fingerprint density at radius 2 is 2.40 bits per heavy atom. The molecule has 0 fully saturated rings. The van der Waals surface area contributed by atoms with Gasteiger partial charge in [0.2, 0.25) is 12.1 Å². The Kier molecular flexibility index (Phi) is 1.00. The van der Waals surface area contributed by atoms with Gasteiger partial charge in [-0.25, -0.2) is 0 Å². The maximum atomic E-state index is 4.71. The zero-order chi connectivity index (χ0) is 6.81. The summed E-state index contributed by atoms with van der Waals surface area (Å²) in [5.41, 5.74) is 0. The van der Waals surface area contributed by atoms with Gasteiger partial charge in [0, 0.05) is 6.07 Å². The molecule has 0 aliphatic carbocycles. The zero-order valence-electron chi connectivity index (χ0n) is 4.81. The maximum Gasteiger partial charge on any atom is 0.296 e. The fourth-order valence-electron chi connectivity index (χ4n) is 0.576. The van der Waals surface area contributed by atoms with E-state index in [4.69, 9.17) is 4.52 Å². The predicted octanol–water partition coefficient (Wildman–Crippen LogP) is 0.525. The van der Waals surface area contributed by atoms with Crippen LogP contribution in [0.3, 0.4) is 0 Å². The predicted molar refractivity (Wildman–Crippen MR) is 28.6 cm³/mol. The molecule has 0 atom stereocenters. The Hall–Kier alpha value is -1.65. The largest absolute Gasteiger partial charge is 0.351 e. The fraction of sp³-hybridized carbons (Fsp3) is 0. The van der Waals surface area contributed by atoms with Crippen LogP contribution in [0.25, 0.3) is 11.7 Å². The van der Waals surface area contributed by atoms with Crippen molar-refractivity contribution in [3.05, 3.63) is 18.6 Å². The molecule has 2 aromatic heterocycles. The van der Waals surface area contributed by atoms with Crippen molar-refractivity contribution in [1.29, 1.82) is 0 Å². The number of rotatable bonds is 1. The van der Waals surface area contributed by atoms with Crippen molar-refractivity contribution in [1.82, 2.24) is 15.3 Å². The van der Waals surface area contributed by atoms with Crippen molar-refractivity contribution in [3.8, 4) is 11.7 Å². The number of aromatic nitrogens is 3. The first-order chi connectivity index (χ1) is 4.97. The molecule has 0 aliphatic heterocycles. The number of hydrogen-bond donors (Lipinski definition) is 0. The van der Waals surface area contributed by atoms with E-state index in [2.05, 4.69) is 26.1 Å². The third-order valence-electron chi connectivity index (χ3n) is 0.973. The minimum Gasteiger partial charge on any atom is -0.351 e. The Bertz CT molecular complexity index is 254. The van der Waals surface area contributed by atoms with Gasteiger partial charge < -0.3 is 9.05 Å². The molecule has 2 heterocycles. The lowest BCUT2D eigenvalue weighted by Gasteiger charge is -1.78. The van der Waals surface area contributed by atoms with Crippen LogP contribution >= 0.6 is 0 Å². The molecule has 1 radical (unpaired) electrons. The van der Waals surface area contributed by atoms with E-state index in [0.717, 1.165) is 0 Å². The first kappa shape index (κ1) is 5.16. The van der Waals surface area contributed by atoms with Crippen LogP contribution in [0.1, 0.15) is 0 Å². The van der Waals surface area contributed by atoms with E-state index in [1.165, 1.54) is 6.20 Å². The normalized spacial score (nSPS) is 10.0. The third kappa shape index (κ3) is 0.680. The van der Waals surface area contributed by atoms with Gasteiger partial charge in [0.1, 0.15) is 0 Å². The summed E-state index contributed by atoms with van der Waals surface area (Å²) in [5, 5.41) is 6.74. The first-order valence-electron chi connectivity index (χ1n) is 2.57. The van der Waals surface area contributed by atoms with Crippen LogP contribution in [0.5, 0.6) is 0 Å². The SMILES string of the molecule is [c]1noc(-c2ccno2)n1. The minimum atomic E-state index is 0.289. The molecule has 0 unspecified atom stereocenters. The van der Waals surface area contributed by atoms with Crippen molar-refractivity contribution in [3.63, 3.8) is 0 Å². The van der Waals surface area contributed by atoms with Gasteiger partial charge in [-0.05, 0) is 0 Å². The molecule has 0 saturated carbocycles. The van der Waals surface area contributed by atoms with E-state index in [1.807, 2.05) is 0 Å². The molecule has 5 nitrogen and oxygen atoms in total. The molecule has 2 rings (SSSR count). The van der Waals surface area contributed by atoms with Gasteiger partial charge >= 0.3 is 0 Å². The Labute approximate surface area is 55.6 Å². The smallest absolute Gasteiger partial charge is 0.296 e. The van der Waals surface area contributed by atoms with Gasteiger partial charge in [-0.3, -0.25) is 0 Å². The molecule has 0 bridgehead atoms. The standard InChI is InChI=1S/C5H2N3O2/c1-2-7-9-4(1)5-6-3-8-10-5/h1-2H. The third-order valence-corrected chi connectivity index (χ3v) is 0.973. The van der Waals surface area contributed by atoms with Gasteiger partial charge in [0.05, 0.1) is 6.20 Å². The molecule has 0 spiro atoms. The Morgan fingerprint density at radius 3 is 3.00 bits per heavy atom. The monoisotopic (exact) mass is 136 g/mol. The van der Waals surface area contributed by atoms with E-state index in [0.29, 0.717) is 5.76 Å². The van der Waals surface area contributed by atoms with E-state index in [1.54, 1.807) is 6.07 Å². The molecule has 10 heavy (non-hydrogen) atoms. The summed E-state index contributed by atoms with van der Waals surface area (Å²) >= 11 is 0. The highest BCUT2D eigenvalue weighted by Crippen LogP contribution is 2.12. The van der Waals surface area contributed by atoms with Crippen molar-refractivity contribution >= 4 is 0 Å². The molecule has 0 aliphatic rings. The highest BCUT2D eigenvalue weighted by Gasteiger charge is 2.06. The van der Waals surface area contributed by atoms with Gasteiger partial charge in [0.15, 0.2) is 0 Å². The van der Waals surface area contributed by atoms with Crippen LogP contribution in [0, 0.1) is 6.33 Å². The Balaban J connectivity index is 2.48. The van der Waals surface area contributed by atoms with E-state index in [-0.39, 0.29) is 5.89 Å². The quantitative estimate of drug-likeness (QED) is 0.571. The summed E-state index contributed by atoms with van der Waals surface area (Å²) in [7, 11) is 0. The highest BCUT2D eigenvalue weighted by atomic mass is 16.5. The summed E-state index contributed by atoms with van der Waals surface area (Å²) in [6, 6.07) is 1.63. The summed E-state index contributed by atoms with van der Waals surface area (Å²) < 4.78 is 9.34. The zero-order valence-corrected chi connectivity index (χ0v) is 4.81. The second-order valence-electron chi connectivity index (χ2n) is 1.58. The lowest BCUT2D eigenvalue weighted by atomic mass is 10.5. The lowest BCUT2D eigenvalue weighted by Crippen LogP contribution is -1.68.